The molecule has 0 saturated carbocycles. The van der Waals surface area contributed by atoms with Crippen molar-refractivity contribution in [2.24, 2.45) is 0 Å². The highest BCUT2D eigenvalue weighted by Gasteiger charge is 2.15. The van der Waals surface area contributed by atoms with Gasteiger partial charge in [-0.2, -0.15) is 11.8 Å². The first-order valence-corrected chi connectivity index (χ1v) is 6.94. The van der Waals surface area contributed by atoms with Crippen molar-refractivity contribution in [3.63, 3.8) is 0 Å². The Morgan fingerprint density at radius 1 is 1.62 bits per heavy atom. The molecule has 0 aromatic carbocycles. The molecule has 2 rings (SSSR count). The lowest BCUT2D eigenvalue weighted by Gasteiger charge is -2.27. The minimum Gasteiger partial charge on any atom is -0.469 e. The Bertz CT molecular complexity index is 321. The SMILES string of the molecule is Cc1occc1CN(C)CC1CSCCN1. The number of likely N-dealkylation sites (N-methyl/N-ethyl adjacent to an activating group) is 1. The van der Waals surface area contributed by atoms with Crippen LogP contribution in [0.4, 0.5) is 0 Å². The average molecular weight is 240 g/mol. The van der Waals surface area contributed by atoms with Crippen LogP contribution in [0.15, 0.2) is 16.7 Å². The van der Waals surface area contributed by atoms with E-state index in [-0.39, 0.29) is 0 Å². The third kappa shape index (κ3) is 3.27. The highest BCUT2D eigenvalue weighted by atomic mass is 32.2. The molecular formula is C12H20N2OS. The van der Waals surface area contributed by atoms with Crippen molar-refractivity contribution in [1.29, 1.82) is 0 Å². The van der Waals surface area contributed by atoms with Crippen molar-refractivity contribution in [3.8, 4) is 0 Å². The summed E-state index contributed by atoms with van der Waals surface area (Å²) in [7, 11) is 2.17. The molecule has 0 aliphatic carbocycles. The van der Waals surface area contributed by atoms with Crippen LogP contribution < -0.4 is 5.32 Å². The van der Waals surface area contributed by atoms with Gasteiger partial charge in [-0.3, -0.25) is 0 Å². The van der Waals surface area contributed by atoms with E-state index in [1.54, 1.807) is 6.26 Å². The lowest BCUT2D eigenvalue weighted by molar-refractivity contribution is 0.290. The topological polar surface area (TPSA) is 28.4 Å². The average Bonchev–Trinajstić information content (AvgIpc) is 2.66. The third-order valence-corrected chi connectivity index (χ3v) is 4.07. The molecule has 3 nitrogen and oxygen atoms in total. The van der Waals surface area contributed by atoms with Crippen molar-refractivity contribution >= 4 is 11.8 Å². The first-order chi connectivity index (χ1) is 7.75. The van der Waals surface area contributed by atoms with E-state index < -0.39 is 0 Å². The molecule has 1 atom stereocenters. The van der Waals surface area contributed by atoms with Crippen LogP contribution >= 0.6 is 11.8 Å². The zero-order valence-corrected chi connectivity index (χ0v) is 10.8. The quantitative estimate of drug-likeness (QED) is 0.867. The summed E-state index contributed by atoms with van der Waals surface area (Å²) in [6.45, 7) is 5.26. The van der Waals surface area contributed by atoms with Gasteiger partial charge in [-0.25, -0.2) is 0 Å². The van der Waals surface area contributed by atoms with Crippen LogP contribution in [0.2, 0.25) is 0 Å². The van der Waals surface area contributed by atoms with Gasteiger partial charge in [0.1, 0.15) is 5.76 Å². The van der Waals surface area contributed by atoms with Crippen LogP contribution in [0.3, 0.4) is 0 Å². The second-order valence-electron chi connectivity index (χ2n) is 4.42. The van der Waals surface area contributed by atoms with E-state index in [0.717, 1.165) is 25.4 Å². The highest BCUT2D eigenvalue weighted by Crippen LogP contribution is 2.13. The molecule has 4 heteroatoms. The molecule has 1 N–H and O–H groups in total. The second kappa shape index (κ2) is 5.75. The number of nitrogens with zero attached hydrogens (tertiary/aromatic N) is 1. The van der Waals surface area contributed by atoms with Crippen LogP contribution in [0, 0.1) is 6.92 Å². The van der Waals surface area contributed by atoms with E-state index in [4.69, 9.17) is 4.42 Å². The smallest absolute Gasteiger partial charge is 0.105 e. The van der Waals surface area contributed by atoms with Crippen molar-refractivity contribution in [2.45, 2.75) is 19.5 Å². The van der Waals surface area contributed by atoms with Gasteiger partial charge >= 0.3 is 0 Å². The number of hydrogen-bond acceptors (Lipinski definition) is 4. The molecular weight excluding hydrogens is 220 g/mol. The zero-order valence-electron chi connectivity index (χ0n) is 10.0. The molecule has 0 spiro atoms. The molecule has 2 heterocycles. The number of thioether (sulfide) groups is 1. The Labute approximate surface area is 102 Å². The fourth-order valence-corrected chi connectivity index (χ4v) is 2.98. The first kappa shape index (κ1) is 12.0. The molecule has 1 fully saturated rings. The van der Waals surface area contributed by atoms with Gasteiger partial charge in [-0.15, -0.1) is 0 Å². The van der Waals surface area contributed by atoms with E-state index in [9.17, 15) is 0 Å². The molecule has 1 aromatic heterocycles. The van der Waals surface area contributed by atoms with Crippen molar-refractivity contribution in [2.75, 3.05) is 31.6 Å². The van der Waals surface area contributed by atoms with Gasteiger partial charge in [-0.05, 0) is 20.0 Å². The van der Waals surface area contributed by atoms with E-state index in [1.165, 1.54) is 17.1 Å². The fourth-order valence-electron chi connectivity index (χ4n) is 2.04. The van der Waals surface area contributed by atoms with Crippen LogP contribution in [-0.4, -0.2) is 42.6 Å². The first-order valence-electron chi connectivity index (χ1n) is 5.78. The van der Waals surface area contributed by atoms with Gasteiger partial charge in [0.25, 0.3) is 0 Å². The van der Waals surface area contributed by atoms with Crippen molar-refractivity contribution in [1.82, 2.24) is 10.2 Å². The molecule has 16 heavy (non-hydrogen) atoms. The normalized spacial score (nSPS) is 21.6. The summed E-state index contributed by atoms with van der Waals surface area (Å²) in [6, 6.07) is 2.70. The number of rotatable bonds is 4. The lowest BCUT2D eigenvalue weighted by Crippen LogP contribution is -2.44. The molecule has 0 radical (unpaired) electrons. The van der Waals surface area contributed by atoms with Crippen molar-refractivity contribution < 1.29 is 4.42 Å². The second-order valence-corrected chi connectivity index (χ2v) is 5.57. The van der Waals surface area contributed by atoms with Crippen LogP contribution in [0.25, 0.3) is 0 Å². The molecule has 90 valence electrons. The predicted molar refractivity (Wildman–Crippen MR) is 68.9 cm³/mol. The van der Waals surface area contributed by atoms with E-state index in [1.807, 2.05) is 18.7 Å². The third-order valence-electron chi connectivity index (χ3n) is 2.94. The molecule has 1 unspecified atom stereocenters. The Hall–Kier alpha value is -0.450. The summed E-state index contributed by atoms with van der Waals surface area (Å²) in [5.74, 6) is 3.52. The minimum absolute atomic E-state index is 0.635. The van der Waals surface area contributed by atoms with E-state index in [2.05, 4.69) is 23.3 Å². The molecule has 1 aliphatic heterocycles. The summed E-state index contributed by atoms with van der Waals surface area (Å²) in [6.07, 6.45) is 1.77. The predicted octanol–water partition coefficient (Wildman–Crippen LogP) is 1.72. The van der Waals surface area contributed by atoms with Gasteiger partial charge in [-0.1, -0.05) is 0 Å². The fraction of sp³-hybridized carbons (Fsp3) is 0.667. The van der Waals surface area contributed by atoms with Gasteiger partial charge < -0.3 is 14.6 Å². The molecule has 1 aromatic rings. The van der Waals surface area contributed by atoms with Crippen LogP contribution in [-0.2, 0) is 6.54 Å². The van der Waals surface area contributed by atoms with E-state index >= 15 is 0 Å². The maximum Gasteiger partial charge on any atom is 0.105 e. The van der Waals surface area contributed by atoms with Crippen LogP contribution in [0.5, 0.6) is 0 Å². The van der Waals surface area contributed by atoms with Gasteiger partial charge in [0.15, 0.2) is 0 Å². The molecule has 1 aliphatic rings. The number of aryl methyl sites for hydroxylation is 1. The highest BCUT2D eigenvalue weighted by molar-refractivity contribution is 7.99. The molecule has 0 bridgehead atoms. The maximum atomic E-state index is 5.31. The van der Waals surface area contributed by atoms with Gasteiger partial charge in [0.05, 0.1) is 6.26 Å². The summed E-state index contributed by atoms with van der Waals surface area (Å²) in [4.78, 5) is 2.36. The maximum absolute atomic E-state index is 5.31. The molecule has 0 amide bonds. The summed E-state index contributed by atoms with van der Waals surface area (Å²) in [5.41, 5.74) is 1.30. The van der Waals surface area contributed by atoms with Crippen molar-refractivity contribution in [3.05, 3.63) is 23.7 Å². The summed E-state index contributed by atoms with van der Waals surface area (Å²) in [5, 5.41) is 3.56. The summed E-state index contributed by atoms with van der Waals surface area (Å²) >= 11 is 2.05. The van der Waals surface area contributed by atoms with Gasteiger partial charge in [0, 0.05) is 42.7 Å². The Morgan fingerprint density at radius 3 is 3.12 bits per heavy atom. The lowest BCUT2D eigenvalue weighted by atomic mass is 10.2. The Balaban J connectivity index is 1.79. The Kier molecular flexibility index (Phi) is 4.32. The van der Waals surface area contributed by atoms with E-state index in [0.29, 0.717) is 6.04 Å². The van der Waals surface area contributed by atoms with Gasteiger partial charge in [0.2, 0.25) is 0 Å². The number of furan rings is 1. The number of nitrogens with one attached hydrogen (secondary N) is 1. The standard InChI is InChI=1S/C12H20N2OS/c1-10-11(3-5-15-10)7-14(2)8-12-9-16-6-4-13-12/h3,5,12-13H,4,6-9H2,1-2H3. The van der Waals surface area contributed by atoms with Crippen LogP contribution in [0.1, 0.15) is 11.3 Å². The zero-order chi connectivity index (χ0) is 11.4. The largest absolute Gasteiger partial charge is 0.469 e. The Morgan fingerprint density at radius 2 is 2.50 bits per heavy atom. The minimum atomic E-state index is 0.635. The summed E-state index contributed by atoms with van der Waals surface area (Å²) < 4.78 is 5.31. The number of hydrogen-bond donors (Lipinski definition) is 1. The monoisotopic (exact) mass is 240 g/mol. The molecule has 1 saturated heterocycles.